The van der Waals surface area contributed by atoms with Crippen LogP contribution in [0.2, 0.25) is 0 Å². The van der Waals surface area contributed by atoms with Crippen LogP contribution in [0.5, 0.6) is 0 Å². The van der Waals surface area contributed by atoms with Crippen LogP contribution in [-0.4, -0.2) is 57.6 Å². The van der Waals surface area contributed by atoms with Crippen LogP contribution in [0.15, 0.2) is 55.0 Å². The summed E-state index contributed by atoms with van der Waals surface area (Å²) in [5, 5.41) is 6.96. The number of nitrogens with one attached hydrogen (secondary N) is 2. The number of hydrogen-bond donors (Lipinski definition) is 2. The van der Waals surface area contributed by atoms with Crippen molar-refractivity contribution in [1.29, 1.82) is 0 Å². The Morgan fingerprint density at radius 2 is 1.82 bits per heavy atom. The lowest BCUT2D eigenvalue weighted by atomic mass is 10.0. The van der Waals surface area contributed by atoms with E-state index in [2.05, 4.69) is 33.8 Å². The summed E-state index contributed by atoms with van der Waals surface area (Å²) in [7, 11) is 0. The molecule has 3 aromatic rings. The standard InChI is InChI=1S/C26H32N6O/c33-24(31-14-12-27-13-15-31)18-32-19-30-25(20-6-2-1-3-7-20)26(32)21-10-11-28-23(16-21)17-29-22-8-4-5-9-22/h1-3,6-7,10-11,16,19,22,27,29H,4-5,8-9,12-15,17-18H2. The van der Waals surface area contributed by atoms with Crippen molar-refractivity contribution in [3.63, 3.8) is 0 Å². The van der Waals surface area contributed by atoms with Gasteiger partial charge in [0, 0.05) is 56.1 Å². The van der Waals surface area contributed by atoms with Crippen LogP contribution >= 0.6 is 0 Å². The lowest BCUT2D eigenvalue weighted by Crippen LogP contribution is -2.47. The van der Waals surface area contributed by atoms with E-state index in [4.69, 9.17) is 4.98 Å². The first-order valence-electron chi connectivity index (χ1n) is 12.1. The van der Waals surface area contributed by atoms with Gasteiger partial charge in [-0.15, -0.1) is 0 Å². The van der Waals surface area contributed by atoms with Gasteiger partial charge in [0.15, 0.2) is 0 Å². The smallest absolute Gasteiger partial charge is 0.242 e. The first-order valence-corrected chi connectivity index (χ1v) is 12.1. The van der Waals surface area contributed by atoms with E-state index in [0.29, 0.717) is 6.04 Å². The Labute approximate surface area is 195 Å². The second-order valence-electron chi connectivity index (χ2n) is 8.96. The number of nitrogens with zero attached hydrogens (tertiary/aromatic N) is 4. The lowest BCUT2D eigenvalue weighted by molar-refractivity contribution is -0.132. The Hall–Kier alpha value is -3.03. The quantitative estimate of drug-likeness (QED) is 0.586. The highest BCUT2D eigenvalue weighted by Gasteiger charge is 2.21. The van der Waals surface area contributed by atoms with E-state index in [1.165, 1.54) is 25.7 Å². The van der Waals surface area contributed by atoms with E-state index in [0.717, 1.165) is 60.9 Å². The fourth-order valence-electron chi connectivity index (χ4n) is 4.87. The summed E-state index contributed by atoms with van der Waals surface area (Å²) in [6.07, 6.45) is 8.79. The molecule has 1 aromatic carbocycles. The maximum atomic E-state index is 13.0. The molecule has 1 aliphatic heterocycles. The van der Waals surface area contributed by atoms with E-state index in [1.807, 2.05) is 39.9 Å². The zero-order valence-electron chi connectivity index (χ0n) is 19.0. The highest BCUT2D eigenvalue weighted by molar-refractivity contribution is 5.81. The van der Waals surface area contributed by atoms with Crippen molar-refractivity contribution in [2.45, 2.75) is 44.8 Å². The van der Waals surface area contributed by atoms with Crippen LogP contribution in [-0.2, 0) is 17.9 Å². The van der Waals surface area contributed by atoms with Crippen molar-refractivity contribution < 1.29 is 4.79 Å². The van der Waals surface area contributed by atoms with Crippen LogP contribution < -0.4 is 10.6 Å². The summed E-state index contributed by atoms with van der Waals surface area (Å²) in [5.41, 5.74) is 4.96. The van der Waals surface area contributed by atoms with Crippen LogP contribution in [0.1, 0.15) is 31.4 Å². The third kappa shape index (κ3) is 5.15. The Balaban J connectivity index is 1.44. The number of carbonyl (C=O) groups is 1. The van der Waals surface area contributed by atoms with Gasteiger partial charge in [0.25, 0.3) is 0 Å². The lowest BCUT2D eigenvalue weighted by Gasteiger charge is -2.27. The van der Waals surface area contributed by atoms with Gasteiger partial charge in [-0.1, -0.05) is 43.2 Å². The minimum Gasteiger partial charge on any atom is -0.339 e. The summed E-state index contributed by atoms with van der Waals surface area (Å²) in [6.45, 7) is 4.24. The van der Waals surface area contributed by atoms with Gasteiger partial charge in [-0.25, -0.2) is 4.98 Å². The molecule has 2 N–H and O–H groups in total. The number of carbonyl (C=O) groups excluding carboxylic acids is 1. The normalized spacial score (nSPS) is 16.9. The molecule has 7 nitrogen and oxygen atoms in total. The van der Waals surface area contributed by atoms with Gasteiger partial charge >= 0.3 is 0 Å². The number of pyridine rings is 1. The maximum Gasteiger partial charge on any atom is 0.242 e. The van der Waals surface area contributed by atoms with Gasteiger partial charge in [-0.3, -0.25) is 9.78 Å². The molecule has 0 atom stereocenters. The number of benzene rings is 1. The zero-order valence-corrected chi connectivity index (χ0v) is 19.0. The summed E-state index contributed by atoms with van der Waals surface area (Å²) in [4.78, 5) is 24.3. The summed E-state index contributed by atoms with van der Waals surface area (Å²) < 4.78 is 2.00. The van der Waals surface area contributed by atoms with Crippen LogP contribution in [0, 0.1) is 0 Å². The van der Waals surface area contributed by atoms with Crippen LogP contribution in [0.3, 0.4) is 0 Å². The second-order valence-corrected chi connectivity index (χ2v) is 8.96. The zero-order chi connectivity index (χ0) is 22.5. The summed E-state index contributed by atoms with van der Waals surface area (Å²) in [6, 6.07) is 14.9. The Bertz CT molecular complexity index is 1070. The van der Waals surface area contributed by atoms with Gasteiger partial charge < -0.3 is 20.1 Å². The molecule has 1 aliphatic carbocycles. The number of aromatic nitrogens is 3. The van der Waals surface area contributed by atoms with E-state index in [1.54, 1.807) is 6.33 Å². The van der Waals surface area contributed by atoms with Crippen molar-refractivity contribution in [2.24, 2.45) is 0 Å². The molecule has 0 unspecified atom stereocenters. The van der Waals surface area contributed by atoms with Crippen LogP contribution in [0.4, 0.5) is 0 Å². The monoisotopic (exact) mass is 444 g/mol. The molecule has 2 aliphatic rings. The Morgan fingerprint density at radius 1 is 1.03 bits per heavy atom. The Morgan fingerprint density at radius 3 is 2.61 bits per heavy atom. The summed E-state index contributed by atoms with van der Waals surface area (Å²) in [5.74, 6) is 0.131. The van der Waals surface area contributed by atoms with E-state index < -0.39 is 0 Å². The fraction of sp³-hybridized carbons (Fsp3) is 0.423. The number of imidazole rings is 1. The molecular formula is C26H32N6O. The molecular weight excluding hydrogens is 412 g/mol. The van der Waals surface area contributed by atoms with Gasteiger partial charge in [-0.05, 0) is 25.0 Å². The van der Waals surface area contributed by atoms with Gasteiger partial charge in [0.2, 0.25) is 5.91 Å². The molecule has 1 amide bonds. The second kappa shape index (κ2) is 10.3. The van der Waals surface area contributed by atoms with E-state index in [9.17, 15) is 4.79 Å². The van der Waals surface area contributed by atoms with Gasteiger partial charge in [0.1, 0.15) is 6.54 Å². The number of hydrogen-bond acceptors (Lipinski definition) is 5. The average Bonchev–Trinajstić information content (AvgIpc) is 3.54. The predicted molar refractivity (Wildman–Crippen MR) is 129 cm³/mol. The minimum absolute atomic E-state index is 0.131. The third-order valence-electron chi connectivity index (χ3n) is 6.68. The number of piperazine rings is 1. The molecule has 1 saturated heterocycles. The Kier molecular flexibility index (Phi) is 6.79. The van der Waals surface area contributed by atoms with E-state index >= 15 is 0 Å². The number of amides is 1. The molecule has 33 heavy (non-hydrogen) atoms. The van der Waals surface area contributed by atoms with Crippen molar-refractivity contribution >= 4 is 5.91 Å². The largest absolute Gasteiger partial charge is 0.339 e. The molecule has 1 saturated carbocycles. The molecule has 5 rings (SSSR count). The van der Waals surface area contributed by atoms with Crippen molar-refractivity contribution in [3.8, 4) is 22.5 Å². The van der Waals surface area contributed by atoms with E-state index in [-0.39, 0.29) is 12.5 Å². The molecule has 2 fully saturated rings. The maximum absolute atomic E-state index is 13.0. The molecule has 0 radical (unpaired) electrons. The van der Waals surface area contributed by atoms with Crippen molar-refractivity contribution in [2.75, 3.05) is 26.2 Å². The number of rotatable bonds is 7. The van der Waals surface area contributed by atoms with Gasteiger partial charge in [-0.2, -0.15) is 0 Å². The molecule has 0 bridgehead atoms. The molecule has 2 aromatic heterocycles. The fourth-order valence-corrected chi connectivity index (χ4v) is 4.87. The first-order chi connectivity index (χ1) is 16.3. The topological polar surface area (TPSA) is 75.1 Å². The van der Waals surface area contributed by atoms with Gasteiger partial charge in [0.05, 0.1) is 23.4 Å². The minimum atomic E-state index is 0.131. The highest BCUT2D eigenvalue weighted by Crippen LogP contribution is 2.31. The van der Waals surface area contributed by atoms with Crippen LogP contribution in [0.25, 0.3) is 22.5 Å². The first kappa shape index (κ1) is 21.8. The third-order valence-corrected chi connectivity index (χ3v) is 6.68. The molecule has 0 spiro atoms. The van der Waals surface area contributed by atoms with Crippen molar-refractivity contribution in [1.82, 2.24) is 30.1 Å². The molecule has 3 heterocycles. The SMILES string of the molecule is O=C(Cn1cnc(-c2ccccc2)c1-c1ccnc(CNC2CCCC2)c1)N1CCNCC1. The summed E-state index contributed by atoms with van der Waals surface area (Å²) >= 11 is 0. The highest BCUT2D eigenvalue weighted by atomic mass is 16.2. The average molecular weight is 445 g/mol. The molecule has 7 heteroatoms. The van der Waals surface area contributed by atoms with Crippen molar-refractivity contribution in [3.05, 3.63) is 60.7 Å². The predicted octanol–water partition coefficient (Wildman–Crippen LogP) is 3.08. The molecule has 172 valence electrons.